The van der Waals surface area contributed by atoms with Crippen molar-refractivity contribution < 1.29 is 63.6 Å². The molecule has 0 amide bonds. The summed E-state index contributed by atoms with van der Waals surface area (Å²) in [5.74, 6) is 0.618. The van der Waals surface area contributed by atoms with Gasteiger partial charge in [0.2, 0.25) is 0 Å². The molecule has 3 aromatic rings. The van der Waals surface area contributed by atoms with Crippen LogP contribution in [-0.4, -0.2) is 46.3 Å². The van der Waals surface area contributed by atoms with E-state index in [1.54, 1.807) is 6.92 Å². The summed E-state index contributed by atoms with van der Waals surface area (Å²) < 4.78 is 52.0. The maximum Gasteiger partial charge on any atom is 2.00 e. The molecule has 0 aliphatic carbocycles. The van der Waals surface area contributed by atoms with E-state index >= 15 is 0 Å². The molecule has 3 heterocycles. The maximum atomic E-state index is 11.5. The van der Waals surface area contributed by atoms with E-state index in [1.807, 2.05) is 29.8 Å². The molecule has 1 aromatic heterocycles. The number of ether oxygens (including phenoxy) is 3. The number of hydrogen-bond acceptors (Lipinski definition) is 6. The summed E-state index contributed by atoms with van der Waals surface area (Å²) in [6.45, 7) is 7.00. The molecule has 5 rings (SSSR count). The van der Waals surface area contributed by atoms with Crippen molar-refractivity contribution in [3.8, 4) is 17.5 Å². The summed E-state index contributed by atoms with van der Waals surface area (Å²) in [7, 11) is 0. The molecule has 1 N–H and O–H groups in total. The van der Waals surface area contributed by atoms with E-state index in [0.29, 0.717) is 24.9 Å². The molecular weight excluding hydrogens is 725 g/mol. The Bertz CT molecular complexity index is 1110. The molecule has 0 radical (unpaired) electrons. The van der Waals surface area contributed by atoms with Crippen LogP contribution in [0.4, 0.5) is 18.9 Å². The van der Waals surface area contributed by atoms with Gasteiger partial charge in [0.25, 0.3) is 6.01 Å². The van der Waals surface area contributed by atoms with Crippen molar-refractivity contribution in [3.05, 3.63) is 72.9 Å². The summed E-state index contributed by atoms with van der Waals surface area (Å²) in [6.07, 6.45) is 1.30. The molecule has 2 aliphatic heterocycles. The first-order valence-electron chi connectivity index (χ1n) is 12.1. The quantitative estimate of drug-likeness (QED) is 0.343. The number of anilines is 1. The van der Waals surface area contributed by atoms with Gasteiger partial charge in [0, 0.05) is 17.6 Å². The van der Waals surface area contributed by atoms with Crippen LogP contribution in [0.5, 0.6) is 17.5 Å². The fourth-order valence-electron chi connectivity index (χ4n) is 4.07. The number of rotatable bonds is 6. The van der Waals surface area contributed by atoms with Crippen molar-refractivity contribution in [1.82, 2.24) is 9.55 Å². The van der Waals surface area contributed by atoms with E-state index in [4.69, 9.17) is 9.47 Å². The Kier molecular flexibility index (Phi) is 10.4. The average Bonchev–Trinajstić information content (AvgIpc) is 3.39. The number of piperidine rings is 1. The molecule has 0 spiro atoms. The largest absolute Gasteiger partial charge is 2.00 e. The molecule has 0 bridgehead atoms. The van der Waals surface area contributed by atoms with Gasteiger partial charge in [-0.1, -0.05) is 0 Å². The van der Waals surface area contributed by atoms with E-state index in [0.717, 1.165) is 31.7 Å². The number of nitrogens with zero attached hydrogens (tertiary/aromatic N) is 3. The second-order valence-electron chi connectivity index (χ2n) is 9.22. The van der Waals surface area contributed by atoms with Gasteiger partial charge in [0.15, 0.2) is 5.60 Å². The fraction of sp³-hybridized carbons (Fsp3) is 0.407. The Balaban J connectivity index is 0.000000282. The van der Waals surface area contributed by atoms with Gasteiger partial charge in [-0.25, -0.2) is 0 Å². The standard InChI is InChI=1S/C20H26N3O3.C7H4F3O.U/c1-15(24)18-12-23-13-20(2,26-19(23)21-18)14-25-17-8-6-16(7-9-17)22-10-4-3-5-11-22;8-7(9,10)11-6-4-2-1-3-5-6;/h3,6-9,12,15,24H,4-5,10-11,13-14H2,1-2H3;2-5H;/q2*-1;+2/t15-,20-;;/m1../s1. The molecule has 2 aliphatic rings. The molecule has 38 heavy (non-hydrogen) atoms. The molecule has 1 saturated heterocycles. The summed E-state index contributed by atoms with van der Waals surface area (Å²) in [6, 6.07) is 16.5. The summed E-state index contributed by atoms with van der Waals surface area (Å²) in [5, 5.41) is 9.62. The van der Waals surface area contributed by atoms with Crippen molar-refractivity contribution in [2.75, 3.05) is 24.6 Å². The van der Waals surface area contributed by atoms with Crippen LogP contribution >= 0.6 is 0 Å². The van der Waals surface area contributed by atoms with E-state index in [1.165, 1.54) is 30.0 Å². The van der Waals surface area contributed by atoms with E-state index in [9.17, 15) is 18.3 Å². The van der Waals surface area contributed by atoms with Gasteiger partial charge < -0.3 is 30.6 Å². The zero-order valence-electron chi connectivity index (χ0n) is 21.2. The summed E-state index contributed by atoms with van der Waals surface area (Å²) in [5.41, 5.74) is 1.43. The van der Waals surface area contributed by atoms with Crippen molar-refractivity contribution >= 4 is 5.69 Å². The second-order valence-corrected chi connectivity index (χ2v) is 9.22. The number of hydrogen-bond donors (Lipinski definition) is 1. The first kappa shape index (κ1) is 30.2. The number of aromatic nitrogens is 2. The number of alkyl halides is 3. The third-order valence-electron chi connectivity index (χ3n) is 5.90. The third-order valence-corrected chi connectivity index (χ3v) is 5.90. The minimum absolute atomic E-state index is 0. The zero-order chi connectivity index (χ0) is 26.5. The topological polar surface area (TPSA) is 69.0 Å². The second kappa shape index (κ2) is 13.1. The van der Waals surface area contributed by atoms with Crippen LogP contribution in [0, 0.1) is 43.6 Å². The summed E-state index contributed by atoms with van der Waals surface area (Å²) >= 11 is 0. The Morgan fingerprint density at radius 1 is 1.13 bits per heavy atom. The molecular formula is C27H30F3N3O4U. The number of imidazole rings is 1. The van der Waals surface area contributed by atoms with Crippen LogP contribution in [-0.2, 0) is 6.54 Å². The smallest absolute Gasteiger partial charge is 0.489 e. The minimum atomic E-state index is -4.61. The van der Waals surface area contributed by atoms with Gasteiger partial charge in [-0.05, 0) is 51.2 Å². The number of fused-ring (bicyclic) bond motifs is 1. The first-order valence-corrected chi connectivity index (χ1v) is 12.1. The van der Waals surface area contributed by atoms with Crippen molar-refractivity contribution in [2.45, 2.75) is 51.3 Å². The van der Waals surface area contributed by atoms with Crippen LogP contribution in [0.3, 0.4) is 0 Å². The third kappa shape index (κ3) is 8.58. The van der Waals surface area contributed by atoms with Gasteiger partial charge in [-0.3, -0.25) is 4.57 Å². The Morgan fingerprint density at radius 3 is 2.37 bits per heavy atom. The van der Waals surface area contributed by atoms with E-state index in [2.05, 4.69) is 39.2 Å². The van der Waals surface area contributed by atoms with Crippen molar-refractivity contribution in [2.24, 2.45) is 0 Å². The zero-order valence-corrected chi connectivity index (χ0v) is 25.4. The normalized spacial score (nSPS) is 19.3. The van der Waals surface area contributed by atoms with E-state index in [-0.39, 0.29) is 36.9 Å². The molecule has 7 nitrogen and oxygen atoms in total. The summed E-state index contributed by atoms with van der Waals surface area (Å²) in [4.78, 5) is 6.74. The van der Waals surface area contributed by atoms with Gasteiger partial charge >= 0.3 is 37.5 Å². The van der Waals surface area contributed by atoms with Crippen LogP contribution < -0.4 is 19.1 Å². The number of aliphatic hydroxyl groups excluding tert-OH is 1. The first-order chi connectivity index (χ1) is 17.6. The van der Waals surface area contributed by atoms with Crippen LogP contribution in [0.2, 0.25) is 0 Å². The number of halogens is 3. The van der Waals surface area contributed by atoms with Gasteiger partial charge in [0.05, 0.1) is 18.3 Å². The molecule has 11 heteroatoms. The molecule has 1 fully saturated rings. The number of benzene rings is 2. The number of aliphatic hydroxyl groups is 1. The molecule has 2 atom stereocenters. The Hall–Kier alpha value is -2.35. The monoisotopic (exact) mass is 755 g/mol. The van der Waals surface area contributed by atoms with Crippen LogP contribution in [0.15, 0.2) is 54.7 Å². The average molecular weight is 756 g/mol. The molecule has 2 aromatic carbocycles. The van der Waals surface area contributed by atoms with Gasteiger partial charge in [-0.2, -0.15) is 36.0 Å². The van der Waals surface area contributed by atoms with Gasteiger partial charge in [-0.15, -0.1) is 25.3 Å². The molecule has 0 saturated carbocycles. The van der Waals surface area contributed by atoms with Crippen molar-refractivity contribution in [1.29, 1.82) is 0 Å². The minimum Gasteiger partial charge on any atom is -0.489 e. The van der Waals surface area contributed by atoms with Crippen molar-refractivity contribution in [3.63, 3.8) is 0 Å². The Labute approximate surface area is 244 Å². The van der Waals surface area contributed by atoms with Gasteiger partial charge in [0.1, 0.15) is 12.4 Å². The molecule has 202 valence electrons. The predicted octanol–water partition coefficient (Wildman–Crippen LogP) is 5.36. The predicted molar refractivity (Wildman–Crippen MR) is 132 cm³/mol. The maximum absolute atomic E-state index is 11.5. The fourth-order valence-corrected chi connectivity index (χ4v) is 4.07. The Morgan fingerprint density at radius 2 is 1.79 bits per heavy atom. The van der Waals surface area contributed by atoms with Crippen LogP contribution in [0.1, 0.15) is 38.5 Å². The van der Waals surface area contributed by atoms with E-state index < -0.39 is 18.1 Å². The van der Waals surface area contributed by atoms with Crippen LogP contribution in [0.25, 0.3) is 0 Å². The SMILES string of the molecule is C[C@@H](O)c1cn2c(n1)O[C@@](C)(COc1ccc(N3CC[CH-]CC3)cc1)C2.FC(F)(F)Oc1cc[c-]cc1.[U+2]. The molecule has 0 unspecified atom stereocenters.